The number of rotatable bonds is 3. The molecule has 20 heavy (non-hydrogen) atoms. The number of hydrogen-bond acceptors (Lipinski definition) is 5. The van der Waals surface area contributed by atoms with Crippen molar-refractivity contribution in [2.45, 2.75) is 25.4 Å². The van der Waals surface area contributed by atoms with Crippen LogP contribution in [0.15, 0.2) is 28.7 Å². The maximum atomic E-state index is 10.8. The molecule has 1 aromatic carbocycles. The number of benzene rings is 1. The first kappa shape index (κ1) is 12.8. The highest BCUT2D eigenvalue weighted by Gasteiger charge is 2.30. The molecule has 104 valence electrons. The van der Waals surface area contributed by atoms with E-state index in [1.165, 1.54) is 12.1 Å². The molecule has 6 nitrogen and oxygen atoms in total. The van der Waals surface area contributed by atoms with Gasteiger partial charge in [0.15, 0.2) is 0 Å². The second-order valence-electron chi connectivity index (χ2n) is 4.80. The Morgan fingerprint density at radius 3 is 2.65 bits per heavy atom. The van der Waals surface area contributed by atoms with E-state index in [9.17, 15) is 4.79 Å². The zero-order chi connectivity index (χ0) is 14.1. The number of nitrogens with zero attached hydrogens (tertiary/aromatic N) is 2. The largest absolute Gasteiger partial charge is 0.478 e. The molecule has 1 aliphatic heterocycles. The summed E-state index contributed by atoms with van der Waals surface area (Å²) in [6, 6.07) is 6.36. The molecule has 1 N–H and O–H groups in total. The number of aromatic nitrogens is 2. The van der Waals surface area contributed by atoms with Crippen molar-refractivity contribution in [1.82, 2.24) is 10.2 Å². The van der Waals surface area contributed by atoms with Gasteiger partial charge in [0.2, 0.25) is 11.8 Å². The lowest BCUT2D eigenvalue weighted by atomic mass is 10.0. The van der Waals surface area contributed by atoms with E-state index in [1.807, 2.05) is 6.92 Å². The summed E-state index contributed by atoms with van der Waals surface area (Å²) in [7, 11) is 0. The molecular weight excluding hydrogens is 260 g/mol. The second-order valence-corrected chi connectivity index (χ2v) is 4.80. The van der Waals surface area contributed by atoms with Crippen molar-refractivity contribution in [3.05, 3.63) is 35.7 Å². The molecule has 2 aromatic rings. The Hall–Kier alpha value is -2.21. The van der Waals surface area contributed by atoms with Crippen molar-refractivity contribution < 1.29 is 19.1 Å². The fourth-order valence-corrected chi connectivity index (χ4v) is 2.31. The summed E-state index contributed by atoms with van der Waals surface area (Å²) in [5, 5.41) is 16.9. The van der Waals surface area contributed by atoms with E-state index in [2.05, 4.69) is 10.2 Å². The van der Waals surface area contributed by atoms with Crippen LogP contribution >= 0.6 is 0 Å². The van der Waals surface area contributed by atoms with Gasteiger partial charge in [0, 0.05) is 12.2 Å². The van der Waals surface area contributed by atoms with Crippen LogP contribution < -0.4 is 0 Å². The fourth-order valence-electron chi connectivity index (χ4n) is 2.31. The van der Waals surface area contributed by atoms with Crippen LogP contribution in [0.2, 0.25) is 0 Å². The summed E-state index contributed by atoms with van der Waals surface area (Å²) < 4.78 is 11.2. The molecule has 3 rings (SSSR count). The standard InChI is InChI=1S/C14H14N2O4/c1-8-11(6-7-19-8)13-16-15-12(20-13)9-2-4-10(5-3-9)14(17)18/h2-5,8,11H,6-7H2,1H3,(H,17,18). The van der Waals surface area contributed by atoms with Crippen molar-refractivity contribution in [2.24, 2.45) is 0 Å². The number of hydrogen-bond donors (Lipinski definition) is 1. The minimum atomic E-state index is -0.959. The van der Waals surface area contributed by atoms with E-state index >= 15 is 0 Å². The van der Waals surface area contributed by atoms with Crippen LogP contribution in [0.5, 0.6) is 0 Å². The summed E-state index contributed by atoms with van der Waals surface area (Å²) in [5.41, 5.74) is 0.937. The van der Waals surface area contributed by atoms with Gasteiger partial charge >= 0.3 is 5.97 Å². The van der Waals surface area contributed by atoms with E-state index in [0.29, 0.717) is 24.0 Å². The molecule has 0 saturated carbocycles. The Morgan fingerprint density at radius 1 is 1.30 bits per heavy atom. The average Bonchev–Trinajstić information content (AvgIpc) is 3.07. The van der Waals surface area contributed by atoms with E-state index in [4.69, 9.17) is 14.3 Å². The first-order chi connectivity index (χ1) is 9.65. The van der Waals surface area contributed by atoms with Crippen molar-refractivity contribution >= 4 is 5.97 Å². The van der Waals surface area contributed by atoms with E-state index in [-0.39, 0.29) is 17.6 Å². The van der Waals surface area contributed by atoms with Gasteiger partial charge in [0.1, 0.15) is 0 Å². The minimum Gasteiger partial charge on any atom is -0.478 e. The quantitative estimate of drug-likeness (QED) is 0.924. The Labute approximate surface area is 115 Å². The molecule has 0 radical (unpaired) electrons. The van der Waals surface area contributed by atoms with Gasteiger partial charge in [0.25, 0.3) is 0 Å². The molecule has 0 amide bonds. The van der Waals surface area contributed by atoms with Gasteiger partial charge in [-0.1, -0.05) is 0 Å². The van der Waals surface area contributed by atoms with Crippen LogP contribution in [-0.4, -0.2) is 34.0 Å². The van der Waals surface area contributed by atoms with Gasteiger partial charge in [-0.2, -0.15) is 0 Å². The number of aromatic carboxylic acids is 1. The molecule has 0 aliphatic carbocycles. The van der Waals surface area contributed by atoms with Gasteiger partial charge in [-0.3, -0.25) is 0 Å². The molecular formula is C14H14N2O4. The summed E-state index contributed by atoms with van der Waals surface area (Å²) in [5.74, 6) is 0.151. The predicted octanol–water partition coefficient (Wildman–Crippen LogP) is 2.33. The number of carboxylic acids is 1. The summed E-state index contributed by atoms with van der Waals surface area (Å²) in [6.07, 6.45) is 0.957. The summed E-state index contributed by atoms with van der Waals surface area (Å²) in [6.45, 7) is 2.69. The average molecular weight is 274 g/mol. The first-order valence-corrected chi connectivity index (χ1v) is 6.44. The molecule has 0 spiro atoms. The maximum absolute atomic E-state index is 10.8. The Balaban J connectivity index is 1.84. The van der Waals surface area contributed by atoms with Gasteiger partial charge in [-0.15, -0.1) is 10.2 Å². The maximum Gasteiger partial charge on any atom is 0.335 e. The summed E-state index contributed by atoms with van der Waals surface area (Å²) >= 11 is 0. The lowest BCUT2D eigenvalue weighted by Crippen LogP contribution is -2.09. The van der Waals surface area contributed by atoms with Gasteiger partial charge in [-0.25, -0.2) is 4.79 Å². The third kappa shape index (κ3) is 2.30. The third-order valence-corrected chi connectivity index (χ3v) is 3.51. The van der Waals surface area contributed by atoms with Crippen LogP contribution in [0.25, 0.3) is 11.5 Å². The van der Waals surface area contributed by atoms with Crippen LogP contribution in [0.1, 0.15) is 35.5 Å². The Kier molecular flexibility index (Phi) is 3.23. The molecule has 0 bridgehead atoms. The highest BCUT2D eigenvalue weighted by Crippen LogP contribution is 2.31. The topological polar surface area (TPSA) is 85.5 Å². The Morgan fingerprint density at radius 2 is 2.05 bits per heavy atom. The third-order valence-electron chi connectivity index (χ3n) is 3.51. The van der Waals surface area contributed by atoms with E-state index in [0.717, 1.165) is 6.42 Å². The van der Waals surface area contributed by atoms with Gasteiger partial charge in [0.05, 0.1) is 17.6 Å². The molecule has 2 atom stereocenters. The zero-order valence-corrected chi connectivity index (χ0v) is 10.9. The zero-order valence-electron chi connectivity index (χ0n) is 10.9. The molecule has 1 fully saturated rings. The summed E-state index contributed by atoms with van der Waals surface area (Å²) in [4.78, 5) is 10.8. The molecule has 6 heteroatoms. The van der Waals surface area contributed by atoms with Crippen LogP contribution in [0.4, 0.5) is 0 Å². The highest BCUT2D eigenvalue weighted by molar-refractivity contribution is 5.88. The predicted molar refractivity (Wildman–Crippen MR) is 69.5 cm³/mol. The monoisotopic (exact) mass is 274 g/mol. The fraction of sp³-hybridized carbons (Fsp3) is 0.357. The van der Waals surface area contributed by atoms with Crippen molar-refractivity contribution in [3.8, 4) is 11.5 Å². The molecule has 1 saturated heterocycles. The lowest BCUT2D eigenvalue weighted by Gasteiger charge is -2.08. The molecule has 1 aliphatic rings. The molecule has 2 unspecified atom stereocenters. The normalized spacial score (nSPS) is 22.1. The van der Waals surface area contributed by atoms with Gasteiger partial charge < -0.3 is 14.3 Å². The van der Waals surface area contributed by atoms with Gasteiger partial charge in [-0.05, 0) is 37.6 Å². The Bertz CT molecular complexity index is 620. The SMILES string of the molecule is CC1OCCC1c1nnc(-c2ccc(C(=O)O)cc2)o1. The number of carboxylic acid groups (broad SMARTS) is 1. The minimum absolute atomic E-state index is 0.0812. The molecule has 2 heterocycles. The van der Waals surface area contributed by atoms with Crippen LogP contribution in [-0.2, 0) is 4.74 Å². The second kappa shape index (κ2) is 5.05. The molecule has 1 aromatic heterocycles. The smallest absolute Gasteiger partial charge is 0.335 e. The first-order valence-electron chi connectivity index (χ1n) is 6.44. The van der Waals surface area contributed by atoms with Crippen molar-refractivity contribution in [1.29, 1.82) is 0 Å². The number of ether oxygens (including phenoxy) is 1. The van der Waals surface area contributed by atoms with E-state index in [1.54, 1.807) is 12.1 Å². The van der Waals surface area contributed by atoms with Crippen LogP contribution in [0, 0.1) is 0 Å². The van der Waals surface area contributed by atoms with Crippen molar-refractivity contribution in [2.75, 3.05) is 6.61 Å². The van der Waals surface area contributed by atoms with Crippen LogP contribution in [0.3, 0.4) is 0 Å². The van der Waals surface area contributed by atoms with Crippen molar-refractivity contribution in [3.63, 3.8) is 0 Å². The highest BCUT2D eigenvalue weighted by atomic mass is 16.5. The lowest BCUT2D eigenvalue weighted by molar-refractivity contribution is 0.0697. The van der Waals surface area contributed by atoms with E-state index < -0.39 is 5.97 Å². The number of carbonyl (C=O) groups is 1.